The van der Waals surface area contributed by atoms with Crippen LogP contribution in [0.4, 0.5) is 0 Å². The first-order chi connectivity index (χ1) is 3.31. The molecule has 0 aromatic carbocycles. The van der Waals surface area contributed by atoms with Crippen LogP contribution < -0.4 is 24.8 Å². The normalized spacial score (nSPS) is 8.90. The predicted molar refractivity (Wildman–Crippen MR) is 38.2 cm³/mol. The smallest absolute Gasteiger partial charge is 1.00 e. The summed E-state index contributed by atoms with van der Waals surface area (Å²) in [6.45, 7) is 9.59. The van der Waals surface area contributed by atoms with Crippen molar-refractivity contribution >= 4 is 8.80 Å². The van der Waals surface area contributed by atoms with E-state index < -0.39 is 8.80 Å². The molecule has 1 unspecified atom stereocenters. The van der Waals surface area contributed by atoms with Crippen molar-refractivity contribution in [2.75, 3.05) is 0 Å². The fourth-order valence-corrected chi connectivity index (χ4v) is 1.08. The molecule has 0 heterocycles. The SMILES string of the molecule is C=CC[SiH](C)C=C.[Cl-].[Cl-].[Zr+2]. The summed E-state index contributed by atoms with van der Waals surface area (Å²) in [7, 11) is -0.535. The van der Waals surface area contributed by atoms with Crippen molar-refractivity contribution in [3.63, 3.8) is 0 Å². The molecule has 0 aliphatic heterocycles. The van der Waals surface area contributed by atoms with Gasteiger partial charge in [-0.1, -0.05) is 12.6 Å². The summed E-state index contributed by atoms with van der Waals surface area (Å²) in [5.41, 5.74) is 2.07. The number of halogens is 2. The van der Waals surface area contributed by atoms with Crippen LogP contribution in [0.5, 0.6) is 0 Å². The van der Waals surface area contributed by atoms with Gasteiger partial charge in [-0.2, -0.15) is 0 Å². The van der Waals surface area contributed by atoms with Crippen LogP contribution in [0.25, 0.3) is 0 Å². The standard InChI is InChI=1S/C6H12Si.2ClH.Zr/c1-4-6-7(3)5-2;;;/h4-5,7H,1-2,6H2,3H3;2*1H;/q;;;+2/p-2. The number of hydrogen-bond donors (Lipinski definition) is 0. The second-order valence-electron chi connectivity index (χ2n) is 1.74. The van der Waals surface area contributed by atoms with E-state index in [2.05, 4.69) is 25.4 Å². The Morgan fingerprint density at radius 1 is 1.30 bits per heavy atom. The van der Waals surface area contributed by atoms with Gasteiger partial charge in [0.25, 0.3) is 0 Å². The molecule has 0 amide bonds. The molecule has 0 aromatic rings. The first kappa shape index (κ1) is 22.5. The van der Waals surface area contributed by atoms with E-state index in [4.69, 9.17) is 0 Å². The van der Waals surface area contributed by atoms with Crippen LogP contribution in [0.3, 0.4) is 0 Å². The fraction of sp³-hybridized carbons (Fsp3) is 0.333. The molecule has 0 aliphatic rings. The van der Waals surface area contributed by atoms with Crippen LogP contribution >= 0.6 is 0 Å². The number of rotatable bonds is 3. The van der Waals surface area contributed by atoms with Gasteiger partial charge in [-0.3, -0.25) is 0 Å². The van der Waals surface area contributed by atoms with E-state index in [-0.39, 0.29) is 51.0 Å². The summed E-state index contributed by atoms with van der Waals surface area (Å²) in [5.74, 6) is 0. The molecule has 0 aliphatic carbocycles. The summed E-state index contributed by atoms with van der Waals surface area (Å²) in [6.07, 6.45) is 1.97. The summed E-state index contributed by atoms with van der Waals surface area (Å²) in [6, 6.07) is 1.18. The van der Waals surface area contributed by atoms with E-state index in [9.17, 15) is 0 Å². The Labute approximate surface area is 96.7 Å². The second kappa shape index (κ2) is 16.6. The van der Waals surface area contributed by atoms with Gasteiger partial charge in [0, 0.05) is 0 Å². The molecule has 0 rings (SSSR count). The maximum absolute atomic E-state index is 3.69. The van der Waals surface area contributed by atoms with Gasteiger partial charge in [-0.05, 0) is 6.04 Å². The van der Waals surface area contributed by atoms with Crippen molar-refractivity contribution in [3.05, 3.63) is 24.9 Å². The molecule has 0 N–H and O–H groups in total. The third-order valence-corrected chi connectivity index (χ3v) is 2.82. The molecule has 0 saturated carbocycles. The maximum Gasteiger partial charge on any atom is 2.00 e. The van der Waals surface area contributed by atoms with Crippen molar-refractivity contribution < 1.29 is 51.0 Å². The molecule has 0 spiro atoms. The van der Waals surface area contributed by atoms with E-state index in [1.54, 1.807) is 0 Å². The molecule has 10 heavy (non-hydrogen) atoms. The van der Waals surface area contributed by atoms with E-state index in [0.717, 1.165) is 0 Å². The predicted octanol–water partition coefficient (Wildman–Crippen LogP) is -4.24. The van der Waals surface area contributed by atoms with Crippen LogP contribution in [-0.4, -0.2) is 8.80 Å². The number of hydrogen-bond acceptors (Lipinski definition) is 0. The zero-order chi connectivity index (χ0) is 5.70. The Morgan fingerprint density at radius 2 is 1.70 bits per heavy atom. The molecular weight excluding hydrogens is 262 g/mol. The summed E-state index contributed by atoms with van der Waals surface area (Å²) in [4.78, 5) is 0. The number of allylic oxidation sites excluding steroid dienone is 1. The Hall–Kier alpha value is 1.16. The zero-order valence-corrected chi connectivity index (χ0v) is 11.2. The van der Waals surface area contributed by atoms with Gasteiger partial charge in [-0.25, -0.2) is 0 Å². The average Bonchev–Trinajstić information content (AvgIpc) is 1.68. The van der Waals surface area contributed by atoms with E-state index in [1.165, 1.54) is 6.04 Å². The van der Waals surface area contributed by atoms with E-state index in [0.29, 0.717) is 0 Å². The average molecular weight is 274 g/mol. The van der Waals surface area contributed by atoms with Crippen molar-refractivity contribution in [3.8, 4) is 0 Å². The monoisotopic (exact) mass is 272 g/mol. The molecule has 0 nitrogen and oxygen atoms in total. The Balaban J connectivity index is -0.0000000600. The second-order valence-corrected chi connectivity index (χ2v) is 4.63. The third kappa shape index (κ3) is 16.1. The van der Waals surface area contributed by atoms with Gasteiger partial charge in [0.15, 0.2) is 0 Å². The van der Waals surface area contributed by atoms with Crippen LogP contribution in [0.1, 0.15) is 0 Å². The Kier molecular flexibility index (Phi) is 37.4. The minimum atomic E-state index is -0.535. The van der Waals surface area contributed by atoms with Crippen molar-refractivity contribution in [2.24, 2.45) is 0 Å². The quantitative estimate of drug-likeness (QED) is 0.361. The van der Waals surface area contributed by atoms with Crippen LogP contribution in [0.15, 0.2) is 24.9 Å². The summed E-state index contributed by atoms with van der Waals surface area (Å²) < 4.78 is 0. The zero-order valence-electron chi connectivity index (χ0n) is 6.11. The Bertz CT molecular complexity index is 78.1. The topological polar surface area (TPSA) is 0 Å². The van der Waals surface area contributed by atoms with Crippen LogP contribution in [0, 0.1) is 0 Å². The molecule has 0 aromatic heterocycles. The van der Waals surface area contributed by atoms with E-state index in [1.807, 2.05) is 6.08 Å². The largest absolute Gasteiger partial charge is 2.00 e. The van der Waals surface area contributed by atoms with Gasteiger partial charge in [-0.15, -0.1) is 18.9 Å². The molecule has 4 heteroatoms. The molecule has 0 saturated heterocycles. The van der Waals surface area contributed by atoms with Crippen LogP contribution in [-0.2, 0) is 26.2 Å². The molecule has 58 valence electrons. The molecule has 0 radical (unpaired) electrons. The van der Waals surface area contributed by atoms with Gasteiger partial charge >= 0.3 is 26.2 Å². The van der Waals surface area contributed by atoms with Crippen molar-refractivity contribution in [2.45, 2.75) is 12.6 Å². The van der Waals surface area contributed by atoms with Crippen molar-refractivity contribution in [1.82, 2.24) is 0 Å². The Morgan fingerprint density at radius 3 is 1.80 bits per heavy atom. The summed E-state index contributed by atoms with van der Waals surface area (Å²) in [5, 5.41) is 0. The van der Waals surface area contributed by atoms with Gasteiger partial charge in [0.2, 0.25) is 0 Å². The first-order valence-electron chi connectivity index (χ1n) is 2.54. The first-order valence-corrected chi connectivity index (χ1v) is 5.18. The third-order valence-electron chi connectivity index (χ3n) is 0.941. The van der Waals surface area contributed by atoms with Crippen LogP contribution in [0.2, 0.25) is 12.6 Å². The molecular formula is C6H12Cl2SiZr. The van der Waals surface area contributed by atoms with E-state index >= 15 is 0 Å². The maximum atomic E-state index is 3.69. The summed E-state index contributed by atoms with van der Waals surface area (Å²) >= 11 is 0. The molecule has 0 fully saturated rings. The van der Waals surface area contributed by atoms with Gasteiger partial charge < -0.3 is 24.8 Å². The minimum Gasteiger partial charge on any atom is -1.00 e. The minimum absolute atomic E-state index is 0. The van der Waals surface area contributed by atoms with Gasteiger partial charge in [0.1, 0.15) is 0 Å². The fourth-order valence-electron chi connectivity index (χ4n) is 0.359. The molecule has 0 bridgehead atoms. The van der Waals surface area contributed by atoms with Crippen molar-refractivity contribution in [1.29, 1.82) is 0 Å². The van der Waals surface area contributed by atoms with Gasteiger partial charge in [0.05, 0.1) is 8.80 Å². The molecule has 1 atom stereocenters.